The van der Waals surface area contributed by atoms with Gasteiger partial charge in [-0.2, -0.15) is 13.2 Å². The molecule has 16 heavy (non-hydrogen) atoms. The van der Waals surface area contributed by atoms with Gasteiger partial charge in [0.25, 0.3) is 0 Å². The van der Waals surface area contributed by atoms with E-state index in [1.165, 1.54) is 12.3 Å². The largest absolute Gasteiger partial charge is 0.433 e. The molecule has 0 N–H and O–H groups in total. The quantitative estimate of drug-likeness (QED) is 0.748. The highest BCUT2D eigenvalue weighted by molar-refractivity contribution is 5.23. The minimum Gasteiger partial charge on any atom is -0.251 e. The Kier molecular flexibility index (Phi) is 3.31. The summed E-state index contributed by atoms with van der Waals surface area (Å²) in [6.45, 7) is 8.08. The van der Waals surface area contributed by atoms with Gasteiger partial charge in [-0.3, -0.25) is 4.98 Å². The van der Waals surface area contributed by atoms with E-state index in [-0.39, 0.29) is 5.41 Å². The maximum absolute atomic E-state index is 12.3. The average Bonchev–Trinajstić information content (AvgIpc) is 2.16. The average molecular weight is 231 g/mol. The van der Waals surface area contributed by atoms with Crippen molar-refractivity contribution in [2.24, 2.45) is 5.92 Å². The first-order valence-corrected chi connectivity index (χ1v) is 5.19. The number of hydrogen-bond acceptors (Lipinski definition) is 1. The zero-order valence-electron chi connectivity index (χ0n) is 9.89. The van der Waals surface area contributed by atoms with Gasteiger partial charge in [-0.05, 0) is 23.0 Å². The summed E-state index contributed by atoms with van der Waals surface area (Å²) in [5.74, 6) is 0.339. The second-order valence-corrected chi connectivity index (χ2v) is 4.81. The van der Waals surface area contributed by atoms with Crippen molar-refractivity contribution in [1.82, 2.24) is 4.98 Å². The van der Waals surface area contributed by atoms with Gasteiger partial charge in [0.15, 0.2) is 0 Å². The predicted molar refractivity (Wildman–Crippen MR) is 57.1 cm³/mol. The Morgan fingerprint density at radius 3 is 2.00 bits per heavy atom. The normalized spacial score (nSPS) is 13.2. The summed E-state index contributed by atoms with van der Waals surface area (Å²) in [4.78, 5) is 3.47. The molecule has 0 atom stereocenters. The maximum Gasteiger partial charge on any atom is 0.433 e. The van der Waals surface area contributed by atoms with Crippen LogP contribution in [0.4, 0.5) is 13.2 Å². The minimum atomic E-state index is -4.36. The molecule has 0 saturated carbocycles. The van der Waals surface area contributed by atoms with Crippen molar-refractivity contribution in [3.8, 4) is 0 Å². The van der Waals surface area contributed by atoms with E-state index in [1.807, 2.05) is 27.7 Å². The van der Waals surface area contributed by atoms with Gasteiger partial charge >= 0.3 is 6.18 Å². The molecule has 1 aromatic heterocycles. The molecular formula is C12H16F3N. The van der Waals surface area contributed by atoms with Crippen LogP contribution in [0.5, 0.6) is 0 Å². The van der Waals surface area contributed by atoms with Gasteiger partial charge in [0.1, 0.15) is 5.69 Å². The highest BCUT2D eigenvalue weighted by atomic mass is 19.4. The molecule has 1 aromatic rings. The number of halogens is 3. The Morgan fingerprint density at radius 2 is 1.69 bits per heavy atom. The van der Waals surface area contributed by atoms with Crippen molar-refractivity contribution in [2.75, 3.05) is 0 Å². The molecule has 1 rings (SSSR count). The molecule has 0 radical (unpaired) electrons. The van der Waals surface area contributed by atoms with E-state index in [2.05, 4.69) is 4.98 Å². The van der Waals surface area contributed by atoms with E-state index in [0.717, 1.165) is 11.6 Å². The Morgan fingerprint density at radius 1 is 1.12 bits per heavy atom. The summed E-state index contributed by atoms with van der Waals surface area (Å²) in [7, 11) is 0. The lowest BCUT2D eigenvalue weighted by molar-refractivity contribution is -0.141. The fraction of sp³-hybridized carbons (Fsp3) is 0.583. The third-order valence-electron chi connectivity index (χ3n) is 3.24. The van der Waals surface area contributed by atoms with Crippen molar-refractivity contribution in [1.29, 1.82) is 0 Å². The third-order valence-corrected chi connectivity index (χ3v) is 3.24. The van der Waals surface area contributed by atoms with Crippen molar-refractivity contribution < 1.29 is 13.2 Å². The van der Waals surface area contributed by atoms with E-state index in [9.17, 15) is 13.2 Å². The fourth-order valence-corrected chi connectivity index (χ4v) is 1.28. The van der Waals surface area contributed by atoms with Crippen LogP contribution in [-0.4, -0.2) is 4.98 Å². The SMILES string of the molecule is CC(C)C(C)(C)c1ccc(C(F)(F)F)nc1. The Labute approximate surface area is 93.7 Å². The molecule has 0 bridgehead atoms. The van der Waals surface area contributed by atoms with Crippen LogP contribution in [0.3, 0.4) is 0 Å². The van der Waals surface area contributed by atoms with Crippen LogP contribution in [0.15, 0.2) is 18.3 Å². The number of aromatic nitrogens is 1. The number of pyridine rings is 1. The van der Waals surface area contributed by atoms with Crippen LogP contribution in [0, 0.1) is 5.92 Å². The van der Waals surface area contributed by atoms with Gasteiger partial charge in [-0.1, -0.05) is 33.8 Å². The lowest BCUT2D eigenvalue weighted by Gasteiger charge is -2.29. The number of nitrogens with zero attached hydrogens (tertiary/aromatic N) is 1. The molecule has 1 nitrogen and oxygen atoms in total. The molecule has 0 spiro atoms. The van der Waals surface area contributed by atoms with E-state index in [0.29, 0.717) is 5.92 Å². The molecule has 0 aliphatic heterocycles. The molecule has 0 aliphatic rings. The maximum atomic E-state index is 12.3. The second kappa shape index (κ2) is 4.07. The zero-order chi connectivity index (χ0) is 12.6. The molecule has 0 saturated heterocycles. The highest BCUT2D eigenvalue weighted by Crippen LogP contribution is 2.33. The number of alkyl halides is 3. The molecule has 0 fully saturated rings. The topological polar surface area (TPSA) is 12.9 Å². The summed E-state index contributed by atoms with van der Waals surface area (Å²) in [5, 5.41) is 0. The first-order valence-electron chi connectivity index (χ1n) is 5.19. The van der Waals surface area contributed by atoms with Gasteiger partial charge < -0.3 is 0 Å². The number of hydrogen-bond donors (Lipinski definition) is 0. The zero-order valence-corrected chi connectivity index (χ0v) is 9.89. The van der Waals surface area contributed by atoms with Gasteiger partial charge in [-0.15, -0.1) is 0 Å². The van der Waals surface area contributed by atoms with Gasteiger partial charge in [0, 0.05) is 6.20 Å². The fourth-order valence-electron chi connectivity index (χ4n) is 1.28. The Bertz CT molecular complexity index is 350. The predicted octanol–water partition coefficient (Wildman–Crippen LogP) is 4.03. The molecule has 0 unspecified atom stereocenters. The second-order valence-electron chi connectivity index (χ2n) is 4.81. The molecule has 0 aliphatic carbocycles. The summed E-state index contributed by atoms with van der Waals surface area (Å²) < 4.78 is 36.9. The third kappa shape index (κ3) is 2.54. The van der Waals surface area contributed by atoms with Crippen LogP contribution in [0.2, 0.25) is 0 Å². The van der Waals surface area contributed by atoms with Gasteiger partial charge in [0.05, 0.1) is 0 Å². The van der Waals surface area contributed by atoms with Crippen LogP contribution in [0.25, 0.3) is 0 Å². The standard InChI is InChI=1S/C12H16F3N/c1-8(2)11(3,4)9-5-6-10(16-7-9)12(13,14)15/h5-8H,1-4H3. The molecule has 90 valence electrons. The van der Waals surface area contributed by atoms with E-state index < -0.39 is 11.9 Å². The lowest BCUT2D eigenvalue weighted by atomic mass is 9.76. The summed E-state index contributed by atoms with van der Waals surface area (Å²) in [6, 6.07) is 2.55. The molecule has 0 amide bonds. The monoisotopic (exact) mass is 231 g/mol. The summed E-state index contributed by atoms with van der Waals surface area (Å²) >= 11 is 0. The van der Waals surface area contributed by atoms with Crippen LogP contribution in [-0.2, 0) is 11.6 Å². The van der Waals surface area contributed by atoms with E-state index in [4.69, 9.17) is 0 Å². The van der Waals surface area contributed by atoms with Crippen LogP contribution in [0.1, 0.15) is 39.0 Å². The number of rotatable bonds is 2. The molecule has 0 aromatic carbocycles. The Hall–Kier alpha value is -1.06. The highest BCUT2D eigenvalue weighted by Gasteiger charge is 2.33. The van der Waals surface area contributed by atoms with Crippen molar-refractivity contribution >= 4 is 0 Å². The van der Waals surface area contributed by atoms with Crippen molar-refractivity contribution in [3.05, 3.63) is 29.6 Å². The molecular weight excluding hydrogens is 215 g/mol. The minimum absolute atomic E-state index is 0.170. The van der Waals surface area contributed by atoms with Crippen LogP contribution < -0.4 is 0 Å². The van der Waals surface area contributed by atoms with Crippen molar-refractivity contribution in [2.45, 2.75) is 39.3 Å². The van der Waals surface area contributed by atoms with Crippen molar-refractivity contribution in [3.63, 3.8) is 0 Å². The van der Waals surface area contributed by atoms with E-state index in [1.54, 1.807) is 0 Å². The van der Waals surface area contributed by atoms with E-state index >= 15 is 0 Å². The molecule has 4 heteroatoms. The molecule has 1 heterocycles. The van der Waals surface area contributed by atoms with Crippen LogP contribution >= 0.6 is 0 Å². The van der Waals surface area contributed by atoms with Gasteiger partial charge in [0.2, 0.25) is 0 Å². The summed E-state index contributed by atoms with van der Waals surface area (Å²) in [5.41, 5.74) is -0.178. The smallest absolute Gasteiger partial charge is 0.251 e. The first kappa shape index (κ1) is 13.0. The lowest BCUT2D eigenvalue weighted by Crippen LogP contribution is -2.24. The Balaban J connectivity index is 3.05. The summed E-state index contributed by atoms with van der Waals surface area (Å²) in [6.07, 6.45) is -3.04. The first-order chi connectivity index (χ1) is 7.15. The van der Waals surface area contributed by atoms with Gasteiger partial charge in [-0.25, -0.2) is 0 Å².